The lowest BCUT2D eigenvalue weighted by Crippen LogP contribution is -2.36. The number of hydrogen-bond donors (Lipinski definition) is 3. The van der Waals surface area contributed by atoms with Gasteiger partial charge in [0, 0.05) is 34.8 Å². The minimum atomic E-state index is -0.577. The highest BCUT2D eigenvalue weighted by molar-refractivity contribution is 7.85. The van der Waals surface area contributed by atoms with E-state index in [2.05, 4.69) is 10.5 Å². The molecule has 1 rings (SSSR count). The van der Waals surface area contributed by atoms with Crippen molar-refractivity contribution in [1.82, 2.24) is 5.32 Å². The SMILES string of the molecule is NC(CCCCNC1CCS(=O)CC1)=NO. The molecule has 1 saturated heterocycles. The van der Waals surface area contributed by atoms with Crippen LogP contribution in [0.1, 0.15) is 32.1 Å². The van der Waals surface area contributed by atoms with Crippen LogP contribution in [0.4, 0.5) is 0 Å². The Morgan fingerprint density at radius 2 is 2.12 bits per heavy atom. The summed E-state index contributed by atoms with van der Waals surface area (Å²) in [6.45, 7) is 0.954. The third kappa shape index (κ3) is 5.46. The minimum Gasteiger partial charge on any atom is -0.409 e. The van der Waals surface area contributed by atoms with Gasteiger partial charge >= 0.3 is 0 Å². The van der Waals surface area contributed by atoms with Crippen LogP contribution in [0.25, 0.3) is 0 Å². The highest BCUT2D eigenvalue weighted by Crippen LogP contribution is 2.09. The summed E-state index contributed by atoms with van der Waals surface area (Å²) in [7, 11) is -0.577. The molecule has 6 heteroatoms. The van der Waals surface area contributed by atoms with E-state index in [0.29, 0.717) is 18.3 Å². The summed E-state index contributed by atoms with van der Waals surface area (Å²) in [5, 5.41) is 14.7. The zero-order valence-electron chi connectivity index (χ0n) is 9.52. The van der Waals surface area contributed by atoms with Crippen molar-refractivity contribution in [2.75, 3.05) is 18.1 Å². The van der Waals surface area contributed by atoms with Gasteiger partial charge in [-0.15, -0.1) is 0 Å². The van der Waals surface area contributed by atoms with Gasteiger partial charge in [-0.25, -0.2) is 0 Å². The van der Waals surface area contributed by atoms with E-state index in [1.54, 1.807) is 0 Å². The van der Waals surface area contributed by atoms with Gasteiger partial charge in [-0.05, 0) is 32.2 Å². The third-order valence-electron chi connectivity index (χ3n) is 2.81. The largest absolute Gasteiger partial charge is 0.409 e. The van der Waals surface area contributed by atoms with Gasteiger partial charge in [-0.3, -0.25) is 4.21 Å². The van der Waals surface area contributed by atoms with E-state index >= 15 is 0 Å². The number of rotatable bonds is 6. The minimum absolute atomic E-state index is 0.299. The summed E-state index contributed by atoms with van der Waals surface area (Å²) in [6, 6.07) is 0.529. The molecule has 1 aliphatic rings. The smallest absolute Gasteiger partial charge is 0.139 e. The van der Waals surface area contributed by atoms with Crippen molar-refractivity contribution in [1.29, 1.82) is 0 Å². The lowest BCUT2D eigenvalue weighted by Gasteiger charge is -2.22. The molecule has 0 radical (unpaired) electrons. The fourth-order valence-electron chi connectivity index (χ4n) is 1.79. The first-order chi connectivity index (χ1) is 7.72. The van der Waals surface area contributed by atoms with E-state index in [-0.39, 0.29) is 0 Å². The molecule has 5 nitrogen and oxygen atoms in total. The van der Waals surface area contributed by atoms with Crippen LogP contribution < -0.4 is 11.1 Å². The number of hydrogen-bond acceptors (Lipinski definition) is 4. The number of nitrogens with two attached hydrogens (primary N) is 1. The Kier molecular flexibility index (Phi) is 6.40. The zero-order chi connectivity index (χ0) is 11.8. The van der Waals surface area contributed by atoms with Gasteiger partial charge in [0.1, 0.15) is 5.84 Å². The quantitative estimate of drug-likeness (QED) is 0.208. The maximum absolute atomic E-state index is 11.1. The first-order valence-corrected chi connectivity index (χ1v) is 7.26. The molecule has 0 amide bonds. The molecule has 0 aromatic rings. The van der Waals surface area contributed by atoms with Gasteiger partial charge in [0.2, 0.25) is 0 Å². The molecule has 0 aromatic carbocycles. The second kappa shape index (κ2) is 7.62. The molecule has 1 fully saturated rings. The molecular formula is C10H21N3O2S. The highest BCUT2D eigenvalue weighted by atomic mass is 32.2. The molecule has 0 spiro atoms. The van der Waals surface area contributed by atoms with E-state index in [4.69, 9.17) is 10.9 Å². The summed E-state index contributed by atoms with van der Waals surface area (Å²) >= 11 is 0. The van der Waals surface area contributed by atoms with Crippen molar-refractivity contribution >= 4 is 16.6 Å². The van der Waals surface area contributed by atoms with Gasteiger partial charge in [-0.1, -0.05) is 5.16 Å². The van der Waals surface area contributed by atoms with Crippen molar-refractivity contribution in [2.24, 2.45) is 10.9 Å². The lowest BCUT2D eigenvalue weighted by molar-refractivity contribution is 0.316. The maximum atomic E-state index is 11.1. The monoisotopic (exact) mass is 247 g/mol. The Balaban J connectivity index is 1.97. The molecule has 16 heavy (non-hydrogen) atoms. The van der Waals surface area contributed by atoms with E-state index in [1.165, 1.54) is 0 Å². The molecule has 1 heterocycles. The zero-order valence-corrected chi connectivity index (χ0v) is 10.3. The number of unbranched alkanes of at least 4 members (excludes halogenated alkanes) is 1. The van der Waals surface area contributed by atoms with Crippen LogP contribution in [0.15, 0.2) is 5.16 Å². The van der Waals surface area contributed by atoms with Crippen LogP contribution >= 0.6 is 0 Å². The van der Waals surface area contributed by atoms with Crippen molar-refractivity contribution < 1.29 is 9.42 Å². The number of oxime groups is 1. The standard InChI is InChI=1S/C10H21N3O2S/c11-10(13-14)3-1-2-6-12-9-4-7-16(15)8-5-9/h9,12,14H,1-8H2,(H2,11,13). The summed E-state index contributed by atoms with van der Waals surface area (Å²) in [5.41, 5.74) is 5.36. The summed E-state index contributed by atoms with van der Waals surface area (Å²) in [6.07, 6.45) is 4.64. The fraction of sp³-hybridized carbons (Fsp3) is 0.900. The van der Waals surface area contributed by atoms with E-state index < -0.39 is 10.8 Å². The molecule has 0 aliphatic carbocycles. The van der Waals surface area contributed by atoms with Crippen molar-refractivity contribution in [3.63, 3.8) is 0 Å². The summed E-state index contributed by atoms with van der Waals surface area (Å²) in [4.78, 5) is 0. The average Bonchev–Trinajstić information content (AvgIpc) is 2.31. The predicted molar refractivity (Wildman–Crippen MR) is 66.2 cm³/mol. The van der Waals surface area contributed by atoms with Crippen LogP contribution in [0.5, 0.6) is 0 Å². The van der Waals surface area contributed by atoms with Crippen molar-refractivity contribution in [2.45, 2.75) is 38.1 Å². The van der Waals surface area contributed by atoms with Gasteiger partial charge in [0.05, 0.1) is 0 Å². The van der Waals surface area contributed by atoms with Gasteiger partial charge in [0.25, 0.3) is 0 Å². The molecule has 94 valence electrons. The Hall–Kier alpha value is -0.620. The Labute approximate surface area is 98.9 Å². The van der Waals surface area contributed by atoms with Gasteiger partial charge in [-0.2, -0.15) is 0 Å². The van der Waals surface area contributed by atoms with E-state index in [9.17, 15) is 4.21 Å². The fourth-order valence-corrected chi connectivity index (χ4v) is 3.08. The molecule has 0 saturated carbocycles. The highest BCUT2D eigenvalue weighted by Gasteiger charge is 2.16. The Morgan fingerprint density at radius 1 is 1.44 bits per heavy atom. The topological polar surface area (TPSA) is 87.7 Å². The molecule has 0 atom stereocenters. The van der Waals surface area contributed by atoms with Crippen LogP contribution in [-0.2, 0) is 10.8 Å². The summed E-state index contributed by atoms with van der Waals surface area (Å²) in [5.74, 6) is 1.97. The first-order valence-electron chi connectivity index (χ1n) is 5.77. The normalized spacial score (nSPS) is 26.9. The second-order valence-electron chi connectivity index (χ2n) is 4.12. The molecule has 0 unspecified atom stereocenters. The molecule has 4 N–H and O–H groups in total. The van der Waals surface area contributed by atoms with Crippen molar-refractivity contribution in [3.8, 4) is 0 Å². The lowest BCUT2D eigenvalue weighted by atomic mass is 10.1. The number of nitrogens with one attached hydrogen (secondary N) is 1. The second-order valence-corrected chi connectivity index (χ2v) is 5.82. The number of nitrogens with zero attached hydrogens (tertiary/aromatic N) is 1. The Morgan fingerprint density at radius 3 is 2.75 bits per heavy atom. The van der Waals surface area contributed by atoms with E-state index in [1.807, 2.05) is 0 Å². The molecule has 0 bridgehead atoms. The van der Waals surface area contributed by atoms with Crippen LogP contribution in [0, 0.1) is 0 Å². The van der Waals surface area contributed by atoms with Gasteiger partial charge < -0.3 is 16.3 Å². The van der Waals surface area contributed by atoms with Gasteiger partial charge in [0.15, 0.2) is 0 Å². The molecular weight excluding hydrogens is 226 g/mol. The van der Waals surface area contributed by atoms with Crippen LogP contribution in [-0.4, -0.2) is 39.3 Å². The van der Waals surface area contributed by atoms with E-state index in [0.717, 1.165) is 43.7 Å². The number of amidine groups is 1. The van der Waals surface area contributed by atoms with Crippen molar-refractivity contribution in [3.05, 3.63) is 0 Å². The molecule has 0 aromatic heterocycles. The summed E-state index contributed by atoms with van der Waals surface area (Å²) < 4.78 is 11.1. The Bertz CT molecular complexity index is 248. The third-order valence-corrected chi connectivity index (χ3v) is 4.19. The maximum Gasteiger partial charge on any atom is 0.139 e. The predicted octanol–water partition coefficient (Wildman–Crippen LogP) is 0.404. The molecule has 1 aliphatic heterocycles. The van der Waals surface area contributed by atoms with Crippen LogP contribution in [0.3, 0.4) is 0 Å². The van der Waals surface area contributed by atoms with Crippen LogP contribution in [0.2, 0.25) is 0 Å². The first kappa shape index (κ1) is 13.4. The average molecular weight is 247 g/mol.